The maximum atomic E-state index is 5.21. The minimum atomic E-state index is 0.135. The molecule has 0 bridgehead atoms. The smallest absolute Gasteiger partial charge is 0.108 e. The summed E-state index contributed by atoms with van der Waals surface area (Å²) in [7, 11) is 0. The van der Waals surface area contributed by atoms with Gasteiger partial charge in [-0.3, -0.25) is 0 Å². The van der Waals surface area contributed by atoms with E-state index in [1.54, 1.807) is 17.5 Å². The van der Waals surface area contributed by atoms with Crippen LogP contribution in [0.25, 0.3) is 0 Å². The van der Waals surface area contributed by atoms with Crippen molar-refractivity contribution in [2.45, 2.75) is 12.8 Å². The van der Waals surface area contributed by atoms with Crippen LogP contribution in [0.3, 0.4) is 0 Å². The molecule has 1 rings (SSSR count). The van der Waals surface area contributed by atoms with Crippen molar-refractivity contribution < 1.29 is 0 Å². The summed E-state index contributed by atoms with van der Waals surface area (Å²) in [6.07, 6.45) is 6.99. The molecule has 0 N–H and O–H groups in total. The molecule has 52 valence electrons. The van der Waals surface area contributed by atoms with Crippen molar-refractivity contribution in [2.24, 2.45) is 0 Å². The Kier molecular flexibility index (Phi) is 2.47. The number of aromatic nitrogens is 1. The second-order valence-corrected chi connectivity index (χ2v) is 4.33. The lowest BCUT2D eigenvalue weighted by molar-refractivity contribution is 0.979. The van der Waals surface area contributed by atoms with Crippen LogP contribution in [0.2, 0.25) is 0 Å². The molecule has 0 spiro atoms. The van der Waals surface area contributed by atoms with Crippen molar-refractivity contribution in [3.05, 3.63) is 15.0 Å². The molecule has 1 aromatic heterocycles. The summed E-state index contributed by atoms with van der Waals surface area (Å²) < 4.78 is 1.03. The van der Waals surface area contributed by atoms with E-state index in [-0.39, 0.29) is 5.92 Å². The number of nitrogens with zero attached hydrogens (tertiary/aromatic N) is 1. The van der Waals surface area contributed by atoms with E-state index < -0.39 is 0 Å². The Hall–Kier alpha value is -0.330. The van der Waals surface area contributed by atoms with Crippen molar-refractivity contribution in [3.63, 3.8) is 0 Å². The third kappa shape index (κ3) is 1.59. The highest BCUT2D eigenvalue weighted by Gasteiger charge is 2.04. The summed E-state index contributed by atoms with van der Waals surface area (Å²) in [5.41, 5.74) is 0. The van der Waals surface area contributed by atoms with Gasteiger partial charge < -0.3 is 0 Å². The second-order valence-electron chi connectivity index (χ2n) is 1.89. The van der Waals surface area contributed by atoms with Crippen LogP contribution in [0.5, 0.6) is 0 Å². The van der Waals surface area contributed by atoms with Gasteiger partial charge in [0, 0.05) is 0 Å². The van der Waals surface area contributed by atoms with E-state index in [4.69, 9.17) is 6.42 Å². The van der Waals surface area contributed by atoms with Crippen LogP contribution in [-0.4, -0.2) is 4.98 Å². The Bertz CT molecular complexity index is 261. The van der Waals surface area contributed by atoms with Gasteiger partial charge in [0.2, 0.25) is 0 Å². The fourth-order valence-electron chi connectivity index (χ4n) is 0.538. The molecule has 0 radical (unpaired) electrons. The van der Waals surface area contributed by atoms with E-state index in [1.165, 1.54) is 0 Å². The van der Waals surface area contributed by atoms with Crippen molar-refractivity contribution in [3.8, 4) is 12.3 Å². The standard InChI is InChI=1S/C7H6BrNS/c1-3-5(2)7-9-4-6(8)10-7/h1,4-5H,2H3. The first-order valence-corrected chi connectivity index (χ1v) is 4.42. The Morgan fingerprint density at radius 3 is 3.00 bits per heavy atom. The fraction of sp³-hybridized carbons (Fsp3) is 0.286. The van der Waals surface area contributed by atoms with E-state index >= 15 is 0 Å². The van der Waals surface area contributed by atoms with Crippen LogP contribution < -0.4 is 0 Å². The predicted molar refractivity (Wildman–Crippen MR) is 47.1 cm³/mol. The summed E-state index contributed by atoms with van der Waals surface area (Å²) in [5.74, 6) is 2.76. The van der Waals surface area contributed by atoms with Gasteiger partial charge >= 0.3 is 0 Å². The van der Waals surface area contributed by atoms with Crippen LogP contribution in [-0.2, 0) is 0 Å². The summed E-state index contributed by atoms with van der Waals surface area (Å²) in [6.45, 7) is 1.96. The Balaban J connectivity index is 2.87. The highest BCUT2D eigenvalue weighted by atomic mass is 79.9. The minimum Gasteiger partial charge on any atom is -0.247 e. The summed E-state index contributed by atoms with van der Waals surface area (Å²) in [5, 5.41) is 0.995. The first-order valence-electron chi connectivity index (χ1n) is 2.81. The minimum absolute atomic E-state index is 0.135. The van der Waals surface area contributed by atoms with Gasteiger partial charge in [0.15, 0.2) is 0 Å². The largest absolute Gasteiger partial charge is 0.247 e. The van der Waals surface area contributed by atoms with E-state index in [2.05, 4.69) is 26.8 Å². The van der Waals surface area contributed by atoms with Crippen molar-refractivity contribution in [1.82, 2.24) is 4.98 Å². The molecule has 10 heavy (non-hydrogen) atoms. The van der Waals surface area contributed by atoms with Gasteiger partial charge in [-0.25, -0.2) is 4.98 Å². The first kappa shape index (κ1) is 7.77. The monoisotopic (exact) mass is 215 g/mol. The zero-order valence-corrected chi connectivity index (χ0v) is 7.87. The molecule has 0 aliphatic rings. The molecule has 1 nitrogen and oxygen atoms in total. The zero-order valence-electron chi connectivity index (χ0n) is 5.47. The Labute approximate surface area is 72.6 Å². The normalized spacial score (nSPS) is 12.5. The summed E-state index contributed by atoms with van der Waals surface area (Å²) >= 11 is 4.90. The van der Waals surface area contributed by atoms with E-state index in [0.717, 1.165) is 8.79 Å². The fourth-order valence-corrected chi connectivity index (χ4v) is 1.79. The molecule has 1 heterocycles. The molecule has 0 amide bonds. The maximum absolute atomic E-state index is 5.21. The van der Waals surface area contributed by atoms with Gasteiger partial charge in [-0.1, -0.05) is 5.92 Å². The molecule has 1 atom stereocenters. The van der Waals surface area contributed by atoms with E-state index in [9.17, 15) is 0 Å². The van der Waals surface area contributed by atoms with E-state index in [0.29, 0.717) is 0 Å². The molecule has 1 unspecified atom stereocenters. The third-order valence-electron chi connectivity index (χ3n) is 1.12. The highest BCUT2D eigenvalue weighted by Crippen LogP contribution is 2.24. The lowest BCUT2D eigenvalue weighted by Gasteiger charge is -1.93. The molecule has 1 aromatic rings. The lowest BCUT2D eigenvalue weighted by atomic mass is 10.2. The number of rotatable bonds is 1. The van der Waals surface area contributed by atoms with Crippen LogP contribution in [0, 0.1) is 12.3 Å². The van der Waals surface area contributed by atoms with Gasteiger partial charge in [-0.15, -0.1) is 17.8 Å². The van der Waals surface area contributed by atoms with Gasteiger partial charge in [0.1, 0.15) is 5.01 Å². The molecule has 0 aromatic carbocycles. The average molecular weight is 216 g/mol. The number of hydrogen-bond donors (Lipinski definition) is 0. The number of hydrogen-bond acceptors (Lipinski definition) is 2. The maximum Gasteiger partial charge on any atom is 0.108 e. The average Bonchev–Trinajstić information content (AvgIpc) is 2.34. The van der Waals surface area contributed by atoms with Gasteiger partial charge in [-0.2, -0.15) is 0 Å². The molecule has 3 heteroatoms. The quantitative estimate of drug-likeness (QED) is 0.657. The molecule has 0 saturated carbocycles. The third-order valence-corrected chi connectivity index (χ3v) is 2.77. The molecule has 0 fully saturated rings. The van der Waals surface area contributed by atoms with Crippen molar-refractivity contribution in [2.75, 3.05) is 0 Å². The summed E-state index contributed by atoms with van der Waals surface area (Å²) in [4.78, 5) is 4.12. The zero-order chi connectivity index (χ0) is 7.56. The highest BCUT2D eigenvalue weighted by molar-refractivity contribution is 9.11. The topological polar surface area (TPSA) is 12.9 Å². The predicted octanol–water partition coefficient (Wildman–Crippen LogP) is 2.64. The van der Waals surface area contributed by atoms with Crippen LogP contribution >= 0.6 is 27.3 Å². The van der Waals surface area contributed by atoms with Gasteiger partial charge in [0.25, 0.3) is 0 Å². The number of terminal acetylenes is 1. The Morgan fingerprint density at radius 2 is 2.60 bits per heavy atom. The SMILES string of the molecule is C#CC(C)c1ncc(Br)s1. The Morgan fingerprint density at radius 1 is 1.90 bits per heavy atom. The lowest BCUT2D eigenvalue weighted by Crippen LogP contribution is -1.85. The van der Waals surface area contributed by atoms with Gasteiger partial charge in [0.05, 0.1) is 15.9 Å². The second kappa shape index (κ2) is 3.18. The molecular weight excluding hydrogens is 210 g/mol. The molecular formula is C7H6BrNS. The van der Waals surface area contributed by atoms with Crippen LogP contribution in [0.4, 0.5) is 0 Å². The molecule has 0 aliphatic carbocycles. The molecule has 0 saturated heterocycles. The number of thiazole rings is 1. The van der Waals surface area contributed by atoms with Crippen LogP contribution in [0.1, 0.15) is 17.8 Å². The number of halogens is 1. The van der Waals surface area contributed by atoms with Crippen molar-refractivity contribution >= 4 is 27.3 Å². The first-order chi connectivity index (χ1) is 4.74. The molecule has 0 aliphatic heterocycles. The van der Waals surface area contributed by atoms with Crippen LogP contribution in [0.15, 0.2) is 9.98 Å². The van der Waals surface area contributed by atoms with Crippen molar-refractivity contribution in [1.29, 1.82) is 0 Å². The summed E-state index contributed by atoms with van der Waals surface area (Å²) in [6, 6.07) is 0. The van der Waals surface area contributed by atoms with Gasteiger partial charge in [-0.05, 0) is 22.9 Å². The van der Waals surface area contributed by atoms with E-state index in [1.807, 2.05) is 6.92 Å².